The molecule has 1 aliphatic rings. The lowest BCUT2D eigenvalue weighted by atomic mass is 10.2. The van der Waals surface area contributed by atoms with Crippen LogP contribution in [-0.4, -0.2) is 27.9 Å². The minimum atomic E-state index is -3.72. The zero-order valence-corrected chi connectivity index (χ0v) is 13.9. The van der Waals surface area contributed by atoms with Crippen molar-refractivity contribution < 1.29 is 13.2 Å². The number of sulfonamides is 1. The summed E-state index contributed by atoms with van der Waals surface area (Å²) < 4.78 is 27.3. The van der Waals surface area contributed by atoms with Crippen LogP contribution in [0.2, 0.25) is 0 Å². The molecule has 0 bridgehead atoms. The Kier molecular flexibility index (Phi) is 3.70. The van der Waals surface area contributed by atoms with E-state index in [0.29, 0.717) is 11.4 Å². The maximum absolute atomic E-state index is 12.9. The molecule has 2 aromatic rings. The number of amides is 1. The van der Waals surface area contributed by atoms with Gasteiger partial charge in [0.1, 0.15) is 10.8 Å². The first-order valence-electron chi connectivity index (χ1n) is 6.92. The van der Waals surface area contributed by atoms with Gasteiger partial charge in [-0.05, 0) is 30.7 Å². The van der Waals surface area contributed by atoms with Crippen LogP contribution in [-0.2, 0) is 21.2 Å². The van der Waals surface area contributed by atoms with Crippen molar-refractivity contribution in [3.8, 4) is 0 Å². The first kappa shape index (κ1) is 15.1. The van der Waals surface area contributed by atoms with Crippen molar-refractivity contribution in [3.05, 3.63) is 41.3 Å². The van der Waals surface area contributed by atoms with E-state index in [9.17, 15) is 13.2 Å². The van der Waals surface area contributed by atoms with Crippen LogP contribution in [0.15, 0.2) is 40.6 Å². The van der Waals surface area contributed by atoms with Gasteiger partial charge in [0.15, 0.2) is 0 Å². The summed E-state index contributed by atoms with van der Waals surface area (Å²) in [6, 6.07) is 10.5. The second-order valence-corrected chi connectivity index (χ2v) is 8.28. The maximum Gasteiger partial charge on any atom is 0.274 e. The molecule has 1 amide bonds. The number of likely N-dealkylation sites (N-methyl/N-ethyl adjacent to an activating group) is 1. The molecular weight excluding hydrogens is 320 g/mol. The lowest BCUT2D eigenvalue weighted by Crippen LogP contribution is -2.46. The molecule has 3 rings (SSSR count). The van der Waals surface area contributed by atoms with Gasteiger partial charge in [0.05, 0.1) is 11.4 Å². The highest BCUT2D eigenvalue weighted by molar-refractivity contribution is 7.94. The average molecular weight is 336 g/mol. The van der Waals surface area contributed by atoms with Crippen LogP contribution in [0.1, 0.15) is 11.8 Å². The molecule has 0 saturated heterocycles. The Morgan fingerprint density at radius 2 is 1.82 bits per heavy atom. The van der Waals surface area contributed by atoms with Crippen LogP contribution >= 0.6 is 11.3 Å². The average Bonchev–Trinajstić information content (AvgIpc) is 3.00. The summed E-state index contributed by atoms with van der Waals surface area (Å²) in [5.74, 6) is -0.241. The normalized spacial score (nSPS) is 15.1. The highest BCUT2D eigenvalue weighted by Crippen LogP contribution is 2.37. The van der Waals surface area contributed by atoms with E-state index < -0.39 is 10.0 Å². The van der Waals surface area contributed by atoms with Crippen molar-refractivity contribution in [1.29, 1.82) is 0 Å². The van der Waals surface area contributed by atoms with Gasteiger partial charge in [0.2, 0.25) is 5.91 Å². The fourth-order valence-corrected chi connectivity index (χ4v) is 5.26. The van der Waals surface area contributed by atoms with Gasteiger partial charge < -0.3 is 4.90 Å². The molecule has 0 atom stereocenters. The molecule has 5 nitrogen and oxygen atoms in total. The Labute approximate surface area is 133 Å². The molecule has 22 heavy (non-hydrogen) atoms. The number of fused-ring (bicyclic) bond motifs is 1. The van der Waals surface area contributed by atoms with Crippen molar-refractivity contribution >= 4 is 38.6 Å². The van der Waals surface area contributed by atoms with Crippen LogP contribution < -0.4 is 9.21 Å². The molecule has 0 aliphatic carbocycles. The number of para-hydroxylation sites is 2. The van der Waals surface area contributed by atoms with Crippen molar-refractivity contribution in [1.82, 2.24) is 0 Å². The lowest BCUT2D eigenvalue weighted by Gasteiger charge is -2.34. The molecule has 0 saturated carbocycles. The molecule has 2 heterocycles. The molecule has 1 aromatic heterocycles. The summed E-state index contributed by atoms with van der Waals surface area (Å²) in [5.41, 5.74) is 1.14. The number of benzene rings is 1. The summed E-state index contributed by atoms with van der Waals surface area (Å²) in [7, 11) is -2.06. The Morgan fingerprint density at radius 1 is 1.14 bits per heavy atom. The summed E-state index contributed by atoms with van der Waals surface area (Å²) in [6.07, 6.45) is 0.790. The largest absolute Gasteiger partial charge is 0.312 e. The Morgan fingerprint density at radius 3 is 2.45 bits per heavy atom. The number of anilines is 2. The number of nitrogens with zero attached hydrogens (tertiary/aromatic N) is 2. The second kappa shape index (κ2) is 5.40. The number of hydrogen-bond donors (Lipinski definition) is 0. The molecule has 0 radical (unpaired) electrons. The van der Waals surface area contributed by atoms with E-state index in [1.807, 2.05) is 13.0 Å². The Hall–Kier alpha value is -1.86. The van der Waals surface area contributed by atoms with Crippen molar-refractivity contribution in [2.75, 3.05) is 22.8 Å². The molecule has 0 fully saturated rings. The van der Waals surface area contributed by atoms with Gasteiger partial charge in [-0.3, -0.25) is 9.10 Å². The third-order valence-electron chi connectivity index (χ3n) is 3.69. The van der Waals surface area contributed by atoms with Gasteiger partial charge >= 0.3 is 0 Å². The summed E-state index contributed by atoms with van der Waals surface area (Å²) in [4.78, 5) is 14.6. The smallest absolute Gasteiger partial charge is 0.274 e. The monoisotopic (exact) mass is 336 g/mol. The fraction of sp³-hybridized carbons (Fsp3) is 0.267. The Bertz CT molecular complexity index is 827. The number of thiophene rings is 1. The summed E-state index contributed by atoms with van der Waals surface area (Å²) in [6.45, 7) is 1.81. The highest BCUT2D eigenvalue weighted by Gasteiger charge is 2.35. The minimum absolute atomic E-state index is 0.171. The lowest BCUT2D eigenvalue weighted by molar-refractivity contribution is -0.117. The maximum atomic E-state index is 12.9. The molecule has 7 heteroatoms. The van der Waals surface area contributed by atoms with E-state index in [2.05, 4.69) is 0 Å². The van der Waals surface area contributed by atoms with Crippen LogP contribution in [0.5, 0.6) is 0 Å². The van der Waals surface area contributed by atoms with Crippen LogP contribution in [0, 0.1) is 0 Å². The molecule has 0 spiro atoms. The number of hydrogen-bond acceptors (Lipinski definition) is 4. The zero-order chi connectivity index (χ0) is 15.9. The quantitative estimate of drug-likeness (QED) is 0.865. The van der Waals surface area contributed by atoms with Gasteiger partial charge in [-0.2, -0.15) is 0 Å². The predicted octanol–water partition coefficient (Wildman–Crippen LogP) is 2.48. The first-order chi connectivity index (χ1) is 10.4. The molecular formula is C15H16N2O3S2. The molecule has 1 aromatic carbocycles. The topological polar surface area (TPSA) is 57.7 Å². The second-order valence-electron chi connectivity index (χ2n) is 5.03. The standard InChI is InChI=1S/C15H16N2O3S2/c1-3-11-8-9-15(21-11)22(19,20)17-10-14(18)16(2)12-6-4-5-7-13(12)17/h4-9H,3,10H2,1-2H3. The Balaban J connectivity index is 2.11. The predicted molar refractivity (Wildman–Crippen MR) is 88.1 cm³/mol. The summed E-state index contributed by atoms with van der Waals surface area (Å²) in [5, 5.41) is 0. The van der Waals surface area contributed by atoms with E-state index >= 15 is 0 Å². The van der Waals surface area contributed by atoms with Crippen molar-refractivity contribution in [2.24, 2.45) is 0 Å². The van der Waals surface area contributed by atoms with Gasteiger partial charge in [-0.15, -0.1) is 11.3 Å². The van der Waals surface area contributed by atoms with E-state index in [0.717, 1.165) is 11.3 Å². The van der Waals surface area contributed by atoms with E-state index in [4.69, 9.17) is 0 Å². The SMILES string of the molecule is CCc1ccc(S(=O)(=O)N2CC(=O)N(C)c3ccccc32)s1. The zero-order valence-electron chi connectivity index (χ0n) is 12.3. The van der Waals surface area contributed by atoms with E-state index in [-0.39, 0.29) is 16.7 Å². The molecule has 1 aliphatic heterocycles. The van der Waals surface area contributed by atoms with Crippen molar-refractivity contribution in [2.45, 2.75) is 17.6 Å². The molecule has 0 N–H and O–H groups in total. The van der Waals surface area contributed by atoms with Gasteiger partial charge in [0.25, 0.3) is 10.0 Å². The fourth-order valence-electron chi connectivity index (χ4n) is 2.42. The van der Waals surface area contributed by atoms with Gasteiger partial charge in [-0.1, -0.05) is 19.1 Å². The van der Waals surface area contributed by atoms with Gasteiger partial charge in [-0.25, -0.2) is 8.42 Å². The van der Waals surface area contributed by atoms with Crippen LogP contribution in [0.25, 0.3) is 0 Å². The number of aryl methyl sites for hydroxylation is 1. The van der Waals surface area contributed by atoms with Gasteiger partial charge in [0, 0.05) is 11.9 Å². The minimum Gasteiger partial charge on any atom is -0.312 e. The molecule has 0 unspecified atom stereocenters. The number of rotatable bonds is 3. The third-order valence-corrected chi connectivity index (χ3v) is 7.15. The van der Waals surface area contributed by atoms with Crippen LogP contribution in [0.4, 0.5) is 11.4 Å². The number of carbonyl (C=O) groups is 1. The number of carbonyl (C=O) groups excluding carboxylic acids is 1. The van der Waals surface area contributed by atoms with E-state index in [1.54, 1.807) is 37.4 Å². The van der Waals surface area contributed by atoms with Crippen LogP contribution in [0.3, 0.4) is 0 Å². The first-order valence-corrected chi connectivity index (χ1v) is 9.18. The third kappa shape index (κ3) is 2.30. The van der Waals surface area contributed by atoms with Crippen molar-refractivity contribution in [3.63, 3.8) is 0 Å². The van der Waals surface area contributed by atoms with E-state index in [1.165, 1.54) is 20.5 Å². The molecule has 116 valence electrons. The summed E-state index contributed by atoms with van der Waals surface area (Å²) >= 11 is 1.26. The highest BCUT2D eigenvalue weighted by atomic mass is 32.2.